The van der Waals surface area contributed by atoms with Gasteiger partial charge in [-0.3, -0.25) is 9.59 Å². The second-order valence-corrected chi connectivity index (χ2v) is 4.73. The summed E-state index contributed by atoms with van der Waals surface area (Å²) in [6.45, 7) is 10.6. The summed E-state index contributed by atoms with van der Waals surface area (Å²) in [4.78, 5) is 20.6. The van der Waals surface area contributed by atoms with Gasteiger partial charge in [0.15, 0.2) is 0 Å². The maximum absolute atomic E-state index is 10.8. The van der Waals surface area contributed by atoms with E-state index in [0.717, 1.165) is 64.6 Å². The second-order valence-electron chi connectivity index (χ2n) is 4.73. The number of hydrogen-bond donors (Lipinski definition) is 3. The average Bonchev–Trinajstić information content (AvgIpc) is 2.54. The third-order valence-electron chi connectivity index (χ3n) is 2.69. The lowest BCUT2D eigenvalue weighted by molar-refractivity contribution is -0.121. The molecule has 0 aromatic heterocycles. The van der Waals surface area contributed by atoms with Gasteiger partial charge in [0.05, 0.1) is 0 Å². The maximum Gasteiger partial charge on any atom is 0.219 e. The van der Waals surface area contributed by atoms with Crippen molar-refractivity contribution in [3.8, 4) is 0 Å². The molecular weight excluding hydrogens is 278 g/mol. The van der Waals surface area contributed by atoms with E-state index in [1.807, 2.05) is 20.8 Å². The Morgan fingerprint density at radius 3 is 2.09 bits per heavy atom. The maximum atomic E-state index is 10.8. The van der Waals surface area contributed by atoms with E-state index in [1.54, 1.807) is 0 Å². The molecule has 0 spiro atoms. The van der Waals surface area contributed by atoms with Crippen molar-refractivity contribution in [3.63, 3.8) is 0 Å². The summed E-state index contributed by atoms with van der Waals surface area (Å²) in [6, 6.07) is 0. The molecule has 0 fully saturated rings. The molecule has 0 bridgehead atoms. The molecule has 134 valence electrons. The van der Waals surface area contributed by atoms with Crippen LogP contribution in [0.5, 0.6) is 0 Å². The highest BCUT2D eigenvalue weighted by Gasteiger charge is 1.95. The fraction of sp³-hybridized carbons (Fsp3) is 0.882. The first kappa shape index (κ1) is 25.8. The van der Waals surface area contributed by atoms with Crippen LogP contribution in [0.25, 0.3) is 0 Å². The zero-order valence-electron chi connectivity index (χ0n) is 15.2. The number of rotatable bonds is 12. The van der Waals surface area contributed by atoms with Gasteiger partial charge in [0.1, 0.15) is 0 Å². The lowest BCUT2D eigenvalue weighted by atomic mass is 10.2. The fourth-order valence-corrected chi connectivity index (χ4v) is 1.50. The molecular formula is C17H39N3O2. The molecule has 2 amide bonds. The number of nitrogens with one attached hydrogen (secondary N) is 2. The monoisotopic (exact) mass is 317 g/mol. The van der Waals surface area contributed by atoms with Crippen LogP contribution in [0.4, 0.5) is 0 Å². The Labute approximate surface area is 137 Å². The molecule has 0 atom stereocenters. The van der Waals surface area contributed by atoms with Gasteiger partial charge in [-0.25, -0.2) is 0 Å². The topological polar surface area (TPSA) is 84.2 Å². The van der Waals surface area contributed by atoms with Crippen LogP contribution in [0.2, 0.25) is 0 Å². The van der Waals surface area contributed by atoms with Crippen LogP contribution in [0, 0.1) is 0 Å². The van der Waals surface area contributed by atoms with Gasteiger partial charge in [0, 0.05) is 19.5 Å². The number of hydrogen-bond acceptors (Lipinski definition) is 3. The van der Waals surface area contributed by atoms with Crippen LogP contribution in [0.15, 0.2) is 0 Å². The molecule has 5 heteroatoms. The van der Waals surface area contributed by atoms with Gasteiger partial charge >= 0.3 is 0 Å². The summed E-state index contributed by atoms with van der Waals surface area (Å²) < 4.78 is 0. The molecule has 0 radical (unpaired) electrons. The highest BCUT2D eigenvalue weighted by Crippen LogP contribution is 1.96. The Balaban J connectivity index is -0.000000294. The average molecular weight is 318 g/mol. The molecule has 0 aliphatic rings. The molecule has 0 aliphatic heterocycles. The quantitative estimate of drug-likeness (QED) is 0.382. The van der Waals surface area contributed by atoms with Crippen LogP contribution >= 0.6 is 0 Å². The van der Waals surface area contributed by atoms with Gasteiger partial charge in [-0.2, -0.15) is 0 Å². The molecule has 0 aromatic rings. The summed E-state index contributed by atoms with van der Waals surface area (Å²) in [7, 11) is 0. The molecule has 0 unspecified atom stereocenters. The van der Waals surface area contributed by atoms with Crippen LogP contribution in [0.3, 0.4) is 0 Å². The Morgan fingerprint density at radius 2 is 1.59 bits per heavy atom. The smallest absolute Gasteiger partial charge is 0.219 e. The minimum absolute atomic E-state index is 0.191. The highest BCUT2D eigenvalue weighted by atomic mass is 16.1. The Hall–Kier alpha value is -1.10. The summed E-state index contributed by atoms with van der Waals surface area (Å²) in [6.07, 6.45) is 9.10. The van der Waals surface area contributed by atoms with Crippen molar-refractivity contribution in [2.24, 2.45) is 5.73 Å². The third kappa shape index (κ3) is 31.3. The number of amides is 2. The predicted molar refractivity (Wildman–Crippen MR) is 95.8 cm³/mol. The minimum atomic E-state index is 0.191. The zero-order chi connectivity index (χ0) is 17.5. The molecule has 22 heavy (non-hydrogen) atoms. The third-order valence-corrected chi connectivity index (χ3v) is 2.69. The van der Waals surface area contributed by atoms with Crippen molar-refractivity contribution < 1.29 is 9.59 Å². The van der Waals surface area contributed by atoms with Gasteiger partial charge in [0.2, 0.25) is 12.3 Å². The van der Waals surface area contributed by atoms with Gasteiger partial charge in [0.25, 0.3) is 0 Å². The van der Waals surface area contributed by atoms with Gasteiger partial charge in [-0.15, -0.1) is 0 Å². The summed E-state index contributed by atoms with van der Waals surface area (Å²) in [5.41, 5.74) is 5.30. The first-order valence-corrected chi connectivity index (χ1v) is 8.86. The van der Waals surface area contributed by atoms with Crippen LogP contribution in [-0.4, -0.2) is 32.0 Å². The molecule has 4 N–H and O–H groups in total. The number of nitrogens with two attached hydrogens (primary N) is 1. The molecule has 5 nitrogen and oxygen atoms in total. The van der Waals surface area contributed by atoms with Crippen LogP contribution < -0.4 is 16.4 Å². The van der Waals surface area contributed by atoms with Crippen LogP contribution in [0.1, 0.15) is 79.1 Å². The number of unbranched alkanes of at least 4 members (excludes halogenated alkanes) is 4. The van der Waals surface area contributed by atoms with Crippen molar-refractivity contribution in [1.82, 2.24) is 10.6 Å². The van der Waals surface area contributed by atoms with E-state index in [9.17, 15) is 9.59 Å². The number of carbonyl (C=O) groups excluding carboxylic acids is 2. The second kappa shape index (κ2) is 28.1. The summed E-state index contributed by atoms with van der Waals surface area (Å²) in [5, 5.41) is 5.46. The van der Waals surface area contributed by atoms with E-state index in [1.165, 1.54) is 6.42 Å². The van der Waals surface area contributed by atoms with E-state index < -0.39 is 0 Å². The molecule has 0 rings (SSSR count). The van der Waals surface area contributed by atoms with E-state index in [0.29, 0.717) is 6.42 Å². The Kier molecular flexibility index (Phi) is 33.0. The lowest BCUT2D eigenvalue weighted by Crippen LogP contribution is -2.23. The molecule has 0 saturated heterocycles. The zero-order valence-corrected chi connectivity index (χ0v) is 15.2. The van der Waals surface area contributed by atoms with Crippen LogP contribution in [-0.2, 0) is 9.59 Å². The van der Waals surface area contributed by atoms with Crippen molar-refractivity contribution in [2.45, 2.75) is 79.1 Å². The standard InChI is InChI=1S/C8H17NO.C7H16N2O.C2H6/c1-3-5-7-9-8(10)6-4-2;8-5-3-1-2-4-6-9-7-10;1-2/h3-7H2,1-2H3,(H,9,10);7H,1-6,8H2,(H,9,10);1-2H3. The Bertz CT molecular complexity index is 212. The molecule has 0 saturated carbocycles. The number of carbonyl (C=O) groups is 2. The SMILES string of the molecule is CC.CCCCNC(=O)CCC.NCCCCCCNC=O. The van der Waals surface area contributed by atoms with Crippen molar-refractivity contribution >= 4 is 12.3 Å². The largest absolute Gasteiger partial charge is 0.359 e. The van der Waals surface area contributed by atoms with Crippen molar-refractivity contribution in [1.29, 1.82) is 0 Å². The first-order chi connectivity index (χ1) is 10.7. The Morgan fingerprint density at radius 1 is 0.955 bits per heavy atom. The summed E-state index contributed by atoms with van der Waals surface area (Å²) >= 11 is 0. The minimum Gasteiger partial charge on any atom is -0.359 e. The van der Waals surface area contributed by atoms with Gasteiger partial charge in [-0.1, -0.05) is 47.0 Å². The molecule has 0 heterocycles. The summed E-state index contributed by atoms with van der Waals surface area (Å²) in [5.74, 6) is 0.191. The van der Waals surface area contributed by atoms with E-state index >= 15 is 0 Å². The first-order valence-electron chi connectivity index (χ1n) is 8.86. The van der Waals surface area contributed by atoms with E-state index in [4.69, 9.17) is 5.73 Å². The molecule has 0 aromatic carbocycles. The van der Waals surface area contributed by atoms with Crippen molar-refractivity contribution in [2.75, 3.05) is 19.6 Å². The van der Waals surface area contributed by atoms with E-state index in [-0.39, 0.29) is 5.91 Å². The normalized spacial score (nSPS) is 8.77. The van der Waals surface area contributed by atoms with Crippen molar-refractivity contribution in [3.05, 3.63) is 0 Å². The van der Waals surface area contributed by atoms with E-state index in [2.05, 4.69) is 17.6 Å². The molecule has 0 aliphatic carbocycles. The predicted octanol–water partition coefficient (Wildman–Crippen LogP) is 2.98. The fourth-order valence-electron chi connectivity index (χ4n) is 1.50. The highest BCUT2D eigenvalue weighted by molar-refractivity contribution is 5.75. The van der Waals surface area contributed by atoms with Gasteiger partial charge in [-0.05, 0) is 32.2 Å². The van der Waals surface area contributed by atoms with Gasteiger partial charge < -0.3 is 16.4 Å². The lowest BCUT2D eigenvalue weighted by Gasteiger charge is -2.00.